The fourth-order valence-electron chi connectivity index (χ4n) is 3.56. The van der Waals surface area contributed by atoms with Crippen molar-refractivity contribution in [3.05, 3.63) is 130 Å². The summed E-state index contributed by atoms with van der Waals surface area (Å²) < 4.78 is 11.4. The molecule has 0 aromatic heterocycles. The second kappa shape index (κ2) is 12.2. The molecule has 0 unspecified atom stereocenters. The van der Waals surface area contributed by atoms with Crippen LogP contribution < -0.4 is 14.5 Å². The molecular weight excluding hydrogens is 454 g/mol. The Labute approximate surface area is 210 Å². The zero-order valence-corrected chi connectivity index (χ0v) is 20.0. The third-order valence-electron chi connectivity index (χ3n) is 5.44. The van der Waals surface area contributed by atoms with Gasteiger partial charge in [-0.15, -0.1) is 0 Å². The molecule has 4 aromatic rings. The lowest BCUT2D eigenvalue weighted by atomic mass is 10.1. The number of hydrogen-bond donors (Lipinski definition) is 0. The fraction of sp³-hybridized carbons (Fsp3) is 0.138. The van der Waals surface area contributed by atoms with Crippen LogP contribution in [0.5, 0.6) is 11.5 Å². The fourth-order valence-corrected chi connectivity index (χ4v) is 3.56. The molecule has 0 fully saturated rings. The van der Waals surface area contributed by atoms with Gasteiger partial charge in [-0.3, -0.25) is 15.1 Å². The minimum absolute atomic E-state index is 0.0319. The van der Waals surface area contributed by atoms with Crippen molar-refractivity contribution in [1.82, 2.24) is 0 Å². The van der Waals surface area contributed by atoms with Crippen molar-refractivity contribution < 1.29 is 14.4 Å². The molecule has 182 valence electrons. The van der Waals surface area contributed by atoms with Crippen LogP contribution in [-0.4, -0.2) is 23.8 Å². The SMILES string of the molecule is C/C(=N/N(Cc1ccccc1)c1ccccc1)c1ccc(OCCOc2ccc([N+](=O)[O-])cc2)cc1. The number of nitrogens with zero attached hydrogens (tertiary/aromatic N) is 3. The minimum atomic E-state index is -0.439. The van der Waals surface area contributed by atoms with Crippen LogP contribution in [0, 0.1) is 10.1 Å². The van der Waals surface area contributed by atoms with Crippen molar-refractivity contribution >= 4 is 17.1 Å². The van der Waals surface area contributed by atoms with Crippen molar-refractivity contribution in [2.45, 2.75) is 13.5 Å². The maximum atomic E-state index is 10.7. The lowest BCUT2D eigenvalue weighted by Crippen LogP contribution is -2.18. The summed E-state index contributed by atoms with van der Waals surface area (Å²) in [7, 11) is 0. The average molecular weight is 482 g/mol. The average Bonchev–Trinajstić information content (AvgIpc) is 2.92. The summed E-state index contributed by atoms with van der Waals surface area (Å²) in [4.78, 5) is 10.3. The Morgan fingerprint density at radius 1 is 0.778 bits per heavy atom. The number of non-ortho nitro benzene ring substituents is 1. The summed E-state index contributed by atoms with van der Waals surface area (Å²) in [6.07, 6.45) is 0. The molecule has 0 aliphatic rings. The number of ether oxygens (including phenoxy) is 2. The summed E-state index contributed by atoms with van der Waals surface area (Å²) in [6.45, 7) is 3.33. The zero-order valence-electron chi connectivity index (χ0n) is 20.0. The van der Waals surface area contributed by atoms with Crippen LogP contribution in [0.2, 0.25) is 0 Å². The largest absolute Gasteiger partial charge is 0.490 e. The van der Waals surface area contributed by atoms with Crippen molar-refractivity contribution in [3.8, 4) is 11.5 Å². The van der Waals surface area contributed by atoms with E-state index < -0.39 is 4.92 Å². The maximum absolute atomic E-state index is 10.7. The number of hydrazone groups is 1. The van der Waals surface area contributed by atoms with Crippen LogP contribution in [-0.2, 0) is 6.54 Å². The molecule has 4 aromatic carbocycles. The molecule has 0 amide bonds. The van der Waals surface area contributed by atoms with Gasteiger partial charge in [-0.05, 0) is 66.6 Å². The Morgan fingerprint density at radius 3 is 1.86 bits per heavy atom. The highest BCUT2D eigenvalue weighted by Gasteiger charge is 2.08. The van der Waals surface area contributed by atoms with Crippen molar-refractivity contribution in [2.24, 2.45) is 5.10 Å². The molecule has 0 bridgehead atoms. The van der Waals surface area contributed by atoms with E-state index in [1.54, 1.807) is 12.1 Å². The van der Waals surface area contributed by atoms with E-state index in [0.717, 1.165) is 22.7 Å². The highest BCUT2D eigenvalue weighted by molar-refractivity contribution is 5.99. The van der Waals surface area contributed by atoms with E-state index in [1.807, 2.05) is 72.6 Å². The third kappa shape index (κ3) is 6.93. The Bertz CT molecular complexity index is 1280. The molecule has 0 atom stereocenters. The number of nitro groups is 1. The first-order valence-electron chi connectivity index (χ1n) is 11.6. The van der Waals surface area contributed by atoms with Crippen LogP contribution >= 0.6 is 0 Å². The first-order valence-corrected chi connectivity index (χ1v) is 11.6. The zero-order chi connectivity index (χ0) is 25.2. The molecule has 4 rings (SSSR count). The quantitative estimate of drug-likeness (QED) is 0.106. The van der Waals surface area contributed by atoms with Gasteiger partial charge in [0.05, 0.1) is 22.9 Å². The van der Waals surface area contributed by atoms with Gasteiger partial charge in [0, 0.05) is 12.1 Å². The van der Waals surface area contributed by atoms with Gasteiger partial charge < -0.3 is 9.47 Å². The van der Waals surface area contributed by atoms with E-state index in [1.165, 1.54) is 17.7 Å². The van der Waals surface area contributed by atoms with Crippen LogP contribution in [0.15, 0.2) is 114 Å². The predicted octanol–water partition coefficient (Wildman–Crippen LogP) is 6.48. The molecule has 0 radical (unpaired) electrons. The number of rotatable bonds is 11. The lowest BCUT2D eigenvalue weighted by molar-refractivity contribution is -0.384. The minimum Gasteiger partial charge on any atom is -0.490 e. The smallest absolute Gasteiger partial charge is 0.269 e. The number of nitro benzene ring substituents is 1. The second-order valence-electron chi connectivity index (χ2n) is 8.04. The summed E-state index contributed by atoms with van der Waals surface area (Å²) in [5, 5.41) is 17.6. The Balaban J connectivity index is 1.35. The monoisotopic (exact) mass is 481 g/mol. The van der Waals surface area contributed by atoms with Gasteiger partial charge in [-0.2, -0.15) is 5.10 Å². The first-order chi connectivity index (χ1) is 17.6. The Hall–Kier alpha value is -4.65. The van der Waals surface area contributed by atoms with Gasteiger partial charge in [0.15, 0.2) is 0 Å². The third-order valence-corrected chi connectivity index (χ3v) is 5.44. The molecule has 0 saturated heterocycles. The molecule has 7 nitrogen and oxygen atoms in total. The van der Waals surface area contributed by atoms with Crippen molar-refractivity contribution in [3.63, 3.8) is 0 Å². The highest BCUT2D eigenvalue weighted by atomic mass is 16.6. The van der Waals surface area contributed by atoms with E-state index in [0.29, 0.717) is 25.5 Å². The number of benzene rings is 4. The molecule has 0 spiro atoms. The maximum Gasteiger partial charge on any atom is 0.269 e. The number of para-hydroxylation sites is 1. The second-order valence-corrected chi connectivity index (χ2v) is 8.04. The molecule has 0 N–H and O–H groups in total. The first kappa shape index (κ1) is 24.5. The van der Waals surface area contributed by atoms with Crippen LogP contribution in [0.25, 0.3) is 0 Å². The predicted molar refractivity (Wildman–Crippen MR) is 142 cm³/mol. The molecule has 0 heterocycles. The van der Waals surface area contributed by atoms with Gasteiger partial charge >= 0.3 is 0 Å². The topological polar surface area (TPSA) is 77.2 Å². The van der Waals surface area contributed by atoms with Crippen molar-refractivity contribution in [2.75, 3.05) is 18.2 Å². The molecule has 7 heteroatoms. The Kier molecular flexibility index (Phi) is 8.27. The number of hydrogen-bond acceptors (Lipinski definition) is 6. The van der Waals surface area contributed by atoms with E-state index in [-0.39, 0.29) is 5.69 Å². The van der Waals surface area contributed by atoms with Crippen LogP contribution in [0.1, 0.15) is 18.1 Å². The van der Waals surface area contributed by atoms with E-state index >= 15 is 0 Å². The normalized spacial score (nSPS) is 11.1. The Morgan fingerprint density at radius 2 is 1.31 bits per heavy atom. The van der Waals surface area contributed by atoms with Crippen LogP contribution in [0.3, 0.4) is 0 Å². The summed E-state index contributed by atoms with van der Waals surface area (Å²) >= 11 is 0. The van der Waals surface area contributed by atoms with Gasteiger partial charge in [0.25, 0.3) is 5.69 Å². The van der Waals surface area contributed by atoms with Gasteiger partial charge in [0.1, 0.15) is 24.7 Å². The highest BCUT2D eigenvalue weighted by Crippen LogP contribution is 2.20. The van der Waals surface area contributed by atoms with Gasteiger partial charge in [-0.25, -0.2) is 0 Å². The van der Waals surface area contributed by atoms with E-state index in [9.17, 15) is 10.1 Å². The van der Waals surface area contributed by atoms with E-state index in [2.05, 4.69) is 24.3 Å². The van der Waals surface area contributed by atoms with Crippen molar-refractivity contribution in [1.29, 1.82) is 0 Å². The molecular formula is C29H27N3O4. The number of anilines is 1. The molecule has 0 aliphatic carbocycles. The summed E-state index contributed by atoms with van der Waals surface area (Å²) in [6, 6.07) is 34.1. The standard InChI is InChI=1S/C29H27N3O4/c1-23(30-31(26-10-6-3-7-11-26)22-24-8-4-2-5-9-24)25-12-16-28(17-13-25)35-20-21-36-29-18-14-27(15-19-29)32(33)34/h2-19H,20-22H2,1H3/b30-23-. The molecule has 0 saturated carbocycles. The molecule has 36 heavy (non-hydrogen) atoms. The summed E-state index contributed by atoms with van der Waals surface area (Å²) in [5.74, 6) is 1.29. The lowest BCUT2D eigenvalue weighted by Gasteiger charge is -2.21. The van der Waals surface area contributed by atoms with Gasteiger partial charge in [0.2, 0.25) is 0 Å². The van der Waals surface area contributed by atoms with Crippen LogP contribution in [0.4, 0.5) is 11.4 Å². The summed E-state index contributed by atoms with van der Waals surface area (Å²) in [5.41, 5.74) is 4.12. The molecule has 0 aliphatic heterocycles. The van der Waals surface area contributed by atoms with Gasteiger partial charge in [-0.1, -0.05) is 48.5 Å². The van der Waals surface area contributed by atoms with E-state index in [4.69, 9.17) is 14.6 Å².